The Morgan fingerprint density at radius 1 is 1.47 bits per heavy atom. The zero-order valence-corrected chi connectivity index (χ0v) is 9.04. The molecular formula is C12H9NOS. The summed E-state index contributed by atoms with van der Waals surface area (Å²) in [5.41, 5.74) is 1.79. The maximum atomic E-state index is 5.43. The highest BCUT2D eigenvalue weighted by molar-refractivity contribution is 7.13. The molecule has 0 atom stereocenters. The van der Waals surface area contributed by atoms with E-state index in [0.717, 1.165) is 21.9 Å². The fourth-order valence-corrected chi connectivity index (χ4v) is 1.98. The van der Waals surface area contributed by atoms with Crippen LogP contribution in [0.1, 0.15) is 5.56 Å². The van der Waals surface area contributed by atoms with Crippen LogP contribution >= 0.6 is 11.3 Å². The first-order valence-electron chi connectivity index (χ1n) is 4.39. The maximum absolute atomic E-state index is 5.43. The third kappa shape index (κ3) is 1.85. The van der Waals surface area contributed by atoms with Crippen LogP contribution in [0.4, 0.5) is 0 Å². The Morgan fingerprint density at radius 2 is 2.33 bits per heavy atom. The highest BCUT2D eigenvalue weighted by Gasteiger charge is 2.07. The van der Waals surface area contributed by atoms with Gasteiger partial charge in [0.25, 0.3) is 0 Å². The molecule has 74 valence electrons. The molecule has 1 heterocycles. The zero-order chi connectivity index (χ0) is 10.7. The van der Waals surface area contributed by atoms with Crippen LogP contribution in [-0.4, -0.2) is 12.1 Å². The lowest BCUT2D eigenvalue weighted by Crippen LogP contribution is -1.87. The van der Waals surface area contributed by atoms with Gasteiger partial charge in [0.1, 0.15) is 10.8 Å². The molecule has 0 N–H and O–H groups in total. The van der Waals surface area contributed by atoms with Crippen molar-refractivity contribution in [1.29, 1.82) is 0 Å². The molecule has 0 saturated carbocycles. The Balaban J connectivity index is 2.58. The third-order valence-corrected chi connectivity index (χ3v) is 2.85. The van der Waals surface area contributed by atoms with Crippen molar-refractivity contribution in [3.8, 4) is 28.7 Å². The first-order valence-corrected chi connectivity index (χ1v) is 5.27. The Hall–Kier alpha value is -1.79. The molecule has 2 rings (SSSR count). The molecule has 0 amide bonds. The highest BCUT2D eigenvalue weighted by atomic mass is 32.1. The summed E-state index contributed by atoms with van der Waals surface area (Å²) in [5, 5.41) is 2.84. The van der Waals surface area contributed by atoms with E-state index in [9.17, 15) is 0 Å². The summed E-state index contributed by atoms with van der Waals surface area (Å²) in [6, 6.07) is 5.63. The lowest BCUT2D eigenvalue weighted by atomic mass is 10.1. The lowest BCUT2D eigenvalue weighted by molar-refractivity contribution is 0.415. The number of nitrogens with zero attached hydrogens (tertiary/aromatic N) is 1. The quantitative estimate of drug-likeness (QED) is 0.719. The van der Waals surface area contributed by atoms with Gasteiger partial charge in [-0.25, -0.2) is 4.98 Å². The van der Waals surface area contributed by atoms with Crippen molar-refractivity contribution < 1.29 is 4.74 Å². The van der Waals surface area contributed by atoms with Crippen molar-refractivity contribution in [3.05, 3.63) is 35.3 Å². The molecule has 0 fully saturated rings. The van der Waals surface area contributed by atoms with Crippen LogP contribution in [0.15, 0.2) is 29.8 Å². The predicted molar refractivity (Wildman–Crippen MR) is 62.0 cm³/mol. The average Bonchev–Trinajstić information content (AvgIpc) is 2.81. The summed E-state index contributed by atoms with van der Waals surface area (Å²) in [6.45, 7) is 0. The predicted octanol–water partition coefficient (Wildman–Crippen LogP) is 2.80. The summed E-state index contributed by atoms with van der Waals surface area (Å²) >= 11 is 1.56. The van der Waals surface area contributed by atoms with Gasteiger partial charge in [-0.15, -0.1) is 17.8 Å². The molecule has 3 heteroatoms. The van der Waals surface area contributed by atoms with Gasteiger partial charge in [0.2, 0.25) is 0 Å². The Labute approximate surface area is 92.6 Å². The Bertz CT molecular complexity index is 497. The summed E-state index contributed by atoms with van der Waals surface area (Å²) in [7, 11) is 1.64. The van der Waals surface area contributed by atoms with Gasteiger partial charge in [0.15, 0.2) is 0 Å². The van der Waals surface area contributed by atoms with Crippen LogP contribution in [-0.2, 0) is 0 Å². The van der Waals surface area contributed by atoms with Crippen LogP contribution in [0.3, 0.4) is 0 Å². The van der Waals surface area contributed by atoms with E-state index in [4.69, 9.17) is 11.2 Å². The minimum absolute atomic E-state index is 0.791. The van der Waals surface area contributed by atoms with Gasteiger partial charge >= 0.3 is 0 Å². The van der Waals surface area contributed by atoms with Crippen LogP contribution in [0.5, 0.6) is 5.75 Å². The van der Waals surface area contributed by atoms with E-state index >= 15 is 0 Å². The van der Waals surface area contributed by atoms with E-state index < -0.39 is 0 Å². The van der Waals surface area contributed by atoms with Crippen molar-refractivity contribution in [1.82, 2.24) is 4.98 Å². The van der Waals surface area contributed by atoms with Crippen molar-refractivity contribution in [2.24, 2.45) is 0 Å². The number of ether oxygens (including phenoxy) is 1. The summed E-state index contributed by atoms with van der Waals surface area (Å²) in [5.74, 6) is 3.44. The molecule has 0 saturated heterocycles. The number of hydrogen-bond acceptors (Lipinski definition) is 3. The number of methoxy groups -OCH3 is 1. The number of hydrogen-bond donors (Lipinski definition) is 0. The SMILES string of the molecule is C#Cc1ccc(OC)cc1-c1nccs1. The normalized spacial score (nSPS) is 9.60. The van der Waals surface area contributed by atoms with Crippen LogP contribution in [0.25, 0.3) is 10.6 Å². The molecule has 1 aromatic heterocycles. The first kappa shape index (κ1) is 9.75. The van der Waals surface area contributed by atoms with Crippen molar-refractivity contribution >= 4 is 11.3 Å². The Morgan fingerprint density at radius 3 is 2.93 bits per heavy atom. The van der Waals surface area contributed by atoms with Gasteiger partial charge < -0.3 is 4.74 Å². The van der Waals surface area contributed by atoms with Crippen molar-refractivity contribution in [2.75, 3.05) is 7.11 Å². The molecule has 1 aromatic carbocycles. The van der Waals surface area contributed by atoms with Gasteiger partial charge in [-0.3, -0.25) is 0 Å². The van der Waals surface area contributed by atoms with Gasteiger partial charge in [0, 0.05) is 22.7 Å². The molecule has 0 bridgehead atoms. The Kier molecular flexibility index (Phi) is 2.70. The van der Waals surface area contributed by atoms with Crippen molar-refractivity contribution in [2.45, 2.75) is 0 Å². The number of rotatable bonds is 2. The molecule has 0 aliphatic rings. The van der Waals surface area contributed by atoms with Crippen LogP contribution in [0.2, 0.25) is 0 Å². The topological polar surface area (TPSA) is 22.1 Å². The number of benzene rings is 1. The molecule has 0 unspecified atom stereocenters. The minimum atomic E-state index is 0.791. The lowest BCUT2D eigenvalue weighted by Gasteiger charge is -2.04. The number of aromatic nitrogens is 1. The fourth-order valence-electron chi connectivity index (χ4n) is 1.31. The van der Waals surface area contributed by atoms with Gasteiger partial charge in [-0.2, -0.15) is 0 Å². The standard InChI is InChI=1S/C12H9NOS/c1-3-9-4-5-10(14-2)8-11(9)12-13-6-7-15-12/h1,4-8H,2H3. The van der Waals surface area contributed by atoms with Gasteiger partial charge in [-0.05, 0) is 18.2 Å². The first-order chi connectivity index (χ1) is 7.35. The third-order valence-electron chi connectivity index (χ3n) is 2.04. The van der Waals surface area contributed by atoms with Crippen molar-refractivity contribution in [3.63, 3.8) is 0 Å². The summed E-state index contributed by atoms with van der Waals surface area (Å²) in [4.78, 5) is 4.24. The van der Waals surface area contributed by atoms with E-state index in [1.54, 1.807) is 24.6 Å². The molecule has 0 aliphatic heterocycles. The molecule has 0 radical (unpaired) electrons. The van der Waals surface area contributed by atoms with E-state index in [-0.39, 0.29) is 0 Å². The van der Waals surface area contributed by atoms with Gasteiger partial charge in [-0.1, -0.05) is 5.92 Å². The maximum Gasteiger partial charge on any atom is 0.124 e. The van der Waals surface area contributed by atoms with E-state index in [1.165, 1.54) is 0 Å². The van der Waals surface area contributed by atoms with Crippen LogP contribution in [0, 0.1) is 12.3 Å². The summed E-state index contributed by atoms with van der Waals surface area (Å²) < 4.78 is 5.16. The monoisotopic (exact) mass is 215 g/mol. The molecule has 0 aliphatic carbocycles. The fraction of sp³-hybridized carbons (Fsp3) is 0.0833. The second-order valence-electron chi connectivity index (χ2n) is 2.89. The minimum Gasteiger partial charge on any atom is -0.497 e. The molecule has 0 spiro atoms. The smallest absolute Gasteiger partial charge is 0.124 e. The zero-order valence-electron chi connectivity index (χ0n) is 8.23. The average molecular weight is 215 g/mol. The second kappa shape index (κ2) is 4.16. The molecule has 2 nitrogen and oxygen atoms in total. The van der Waals surface area contributed by atoms with E-state index in [2.05, 4.69) is 10.9 Å². The molecular weight excluding hydrogens is 206 g/mol. The van der Waals surface area contributed by atoms with E-state index in [0.29, 0.717) is 0 Å². The number of thiazole rings is 1. The highest BCUT2D eigenvalue weighted by Crippen LogP contribution is 2.28. The number of terminal acetylenes is 1. The summed E-state index contributed by atoms with van der Waals surface area (Å²) in [6.07, 6.45) is 7.20. The second-order valence-corrected chi connectivity index (χ2v) is 3.79. The van der Waals surface area contributed by atoms with E-state index in [1.807, 2.05) is 23.6 Å². The van der Waals surface area contributed by atoms with Gasteiger partial charge in [0.05, 0.1) is 7.11 Å². The molecule has 2 aromatic rings. The molecule has 15 heavy (non-hydrogen) atoms. The van der Waals surface area contributed by atoms with Crippen LogP contribution < -0.4 is 4.74 Å². The largest absolute Gasteiger partial charge is 0.497 e.